The topological polar surface area (TPSA) is 198 Å². The second kappa shape index (κ2) is 38.9. The molecule has 648 valence electrons. The van der Waals surface area contributed by atoms with Gasteiger partial charge in [-0.2, -0.15) is 5.26 Å². The van der Waals surface area contributed by atoms with E-state index in [1.165, 1.54) is 18.2 Å². The van der Waals surface area contributed by atoms with Gasteiger partial charge in [-0.1, -0.05) is 72.8 Å². The van der Waals surface area contributed by atoms with Crippen molar-refractivity contribution in [2.75, 3.05) is 40.5 Å². The van der Waals surface area contributed by atoms with Crippen LogP contribution in [0.1, 0.15) is 79.9 Å². The molecule has 0 spiro atoms. The van der Waals surface area contributed by atoms with Crippen molar-refractivity contribution in [1.82, 2.24) is 77.2 Å². The van der Waals surface area contributed by atoms with Crippen LogP contribution in [0.15, 0.2) is 330 Å². The first-order valence-corrected chi connectivity index (χ1v) is 43.8. The van der Waals surface area contributed by atoms with Crippen LogP contribution in [0.5, 0.6) is 5.75 Å². The van der Waals surface area contributed by atoms with E-state index in [0.717, 1.165) is 214 Å². The van der Waals surface area contributed by atoms with Gasteiger partial charge in [0.05, 0.1) is 99.3 Å². The predicted octanol–water partition coefficient (Wildman–Crippen LogP) is 24.8. The largest absolute Gasteiger partial charge is 0.497 e. The standard InChI is InChI=1S/C25H25FN4.C24H22FN3O.C22H20FN3.C19H12N4.C19H15N3O/c1-17-14-19(5-7-22(17)26)25-21(4-3-11-27-25)18-6-8-23-24(15-18)30(16-28-23)20-9-12-29(2)13-10-20;1-16-13-18(4-6-21(16)25)24-20(3-2-10-26-24)17-5-7-22-23(14-17)28(15-27-22)19-8-11-29-12-9-19;1-14(2)26-13-25-20-9-7-16(12-21(20)26)18-5-4-10-24-22(18)17-6-8-19(23)15(3)11-17;20-12-14-3-1-4-15(11-14)19-17(5-2-8-22-19)16-6-7-18-21-9-10-23(18)13-16;1-23-16-5-2-4-14(12-16)19-17(6-3-9-21-19)15-7-8-18-20-10-11-22(18)13-15/h3-8,11,14-16,20H,9-10,12-13H2,1-2H3;2-7,10,13-15,19H,8-9,11-12H2,1H3;4-14H,1-3H3;1-11,13H;2-13H,1H3. The second-order valence-corrected chi connectivity index (χ2v) is 33.1. The van der Waals surface area contributed by atoms with Gasteiger partial charge in [0.15, 0.2) is 0 Å². The third kappa shape index (κ3) is 18.9. The van der Waals surface area contributed by atoms with Crippen molar-refractivity contribution in [2.24, 2.45) is 0 Å². The molecule has 0 unspecified atom stereocenters. The van der Waals surface area contributed by atoms with E-state index in [1.54, 1.807) is 89.3 Å². The molecular formula is C109H94F3N17O2. The molecule has 0 aliphatic carbocycles. The number of halogens is 3. The van der Waals surface area contributed by atoms with E-state index in [4.69, 9.17) is 14.7 Å². The van der Waals surface area contributed by atoms with E-state index in [-0.39, 0.29) is 17.5 Å². The lowest BCUT2D eigenvalue weighted by molar-refractivity contribution is 0.0706. The summed E-state index contributed by atoms with van der Waals surface area (Å²) in [6.45, 7) is 13.4. The van der Waals surface area contributed by atoms with Crippen LogP contribution in [-0.2, 0) is 4.74 Å². The SMILES string of the molecule is COc1cccc(-c2ncccc2-c2ccc3nccn3c2)c1.Cc1cc(-c2ncccc2-c2ccc3ncn(C(C)C)c3c2)ccc1F.Cc1cc(-c2ncccc2-c2ccc3ncn(C4CCN(C)CC4)c3c2)ccc1F.Cc1cc(-c2ncccc2-c2ccc3ncn(C4CCOCC4)c3c2)ccc1F.N#Cc1cccc(-c2ncccc2-c2ccc3nccn3c2)c1. The van der Waals surface area contributed by atoms with Crippen molar-refractivity contribution < 1.29 is 22.6 Å². The van der Waals surface area contributed by atoms with Gasteiger partial charge < -0.3 is 36.9 Å². The lowest BCUT2D eigenvalue weighted by Crippen LogP contribution is -2.31. The van der Waals surface area contributed by atoms with Crippen LogP contribution in [0.25, 0.3) is 156 Å². The molecule has 0 atom stereocenters. The molecule has 2 fully saturated rings. The van der Waals surface area contributed by atoms with Crippen molar-refractivity contribution in [3.05, 3.63) is 370 Å². The van der Waals surface area contributed by atoms with Crippen LogP contribution in [-0.4, -0.2) is 118 Å². The Morgan fingerprint density at radius 1 is 0.374 bits per heavy atom. The van der Waals surface area contributed by atoms with Gasteiger partial charge in [-0.3, -0.25) is 24.9 Å². The molecule has 22 heteroatoms. The summed E-state index contributed by atoms with van der Waals surface area (Å²) in [6.07, 6.45) is 30.6. The van der Waals surface area contributed by atoms with E-state index in [0.29, 0.717) is 40.4 Å². The highest BCUT2D eigenvalue weighted by atomic mass is 19.1. The molecule has 14 heterocycles. The van der Waals surface area contributed by atoms with Gasteiger partial charge in [0.25, 0.3) is 0 Å². The van der Waals surface area contributed by atoms with Gasteiger partial charge in [-0.15, -0.1) is 0 Å². The number of benzene rings is 8. The van der Waals surface area contributed by atoms with Crippen LogP contribution in [0.2, 0.25) is 0 Å². The molecule has 0 amide bonds. The van der Waals surface area contributed by atoms with E-state index < -0.39 is 0 Å². The van der Waals surface area contributed by atoms with Gasteiger partial charge in [0.1, 0.15) is 34.5 Å². The molecule has 8 aromatic carbocycles. The van der Waals surface area contributed by atoms with Crippen molar-refractivity contribution in [2.45, 2.75) is 78.4 Å². The summed E-state index contributed by atoms with van der Waals surface area (Å²) in [4.78, 5) is 47.6. The Kier molecular flexibility index (Phi) is 25.5. The maximum atomic E-state index is 13.8. The Balaban J connectivity index is 0.000000110. The zero-order valence-electron chi connectivity index (χ0n) is 73.6. The van der Waals surface area contributed by atoms with E-state index in [9.17, 15) is 13.2 Å². The molecular weight excluding hydrogens is 1640 g/mol. The van der Waals surface area contributed by atoms with Gasteiger partial charge >= 0.3 is 0 Å². The lowest BCUT2D eigenvalue weighted by atomic mass is 9.97. The Bertz CT molecular complexity index is 7560. The van der Waals surface area contributed by atoms with Crippen LogP contribution in [0.4, 0.5) is 13.2 Å². The first-order chi connectivity index (χ1) is 64.0. The van der Waals surface area contributed by atoms with Crippen molar-refractivity contribution in [3.63, 3.8) is 0 Å². The fourth-order valence-corrected chi connectivity index (χ4v) is 17.2. The second-order valence-electron chi connectivity index (χ2n) is 33.1. The average Bonchev–Trinajstić information content (AvgIpc) is 1.47. The number of piperidine rings is 1. The number of aromatic nitrogens is 15. The third-order valence-corrected chi connectivity index (χ3v) is 24.2. The molecule has 0 saturated carbocycles. The number of likely N-dealkylation sites (tertiary alicyclic amines) is 1. The molecule has 0 radical (unpaired) electrons. The predicted molar refractivity (Wildman–Crippen MR) is 514 cm³/mol. The smallest absolute Gasteiger partial charge is 0.136 e. The number of methoxy groups -OCH3 is 1. The zero-order chi connectivity index (χ0) is 90.0. The zero-order valence-corrected chi connectivity index (χ0v) is 73.6. The summed E-state index contributed by atoms with van der Waals surface area (Å²) in [6, 6.07) is 81.5. The number of nitrogens with zero attached hydrogens (tertiary/aromatic N) is 17. The quantitative estimate of drug-likeness (QED) is 0.0996. The summed E-state index contributed by atoms with van der Waals surface area (Å²) in [7, 11) is 3.85. The lowest BCUT2D eigenvalue weighted by Gasteiger charge is -2.30. The van der Waals surface area contributed by atoms with E-state index in [1.807, 2.05) is 174 Å². The van der Waals surface area contributed by atoms with Gasteiger partial charge in [0, 0.05) is 166 Å². The molecule has 12 aromatic heterocycles. The van der Waals surface area contributed by atoms with Gasteiger partial charge in [-0.05, 0) is 284 Å². The minimum atomic E-state index is -0.201. The summed E-state index contributed by atoms with van der Waals surface area (Å²) < 4.78 is 62.8. The number of ether oxygens (including phenoxy) is 2. The highest BCUT2D eigenvalue weighted by Gasteiger charge is 2.24. The number of hydrogen-bond donors (Lipinski definition) is 0. The monoisotopic (exact) mass is 1730 g/mol. The number of fused-ring (bicyclic) bond motifs is 5. The minimum absolute atomic E-state index is 0.195. The Hall–Kier alpha value is -15.7. The number of rotatable bonds is 14. The first-order valence-electron chi connectivity index (χ1n) is 43.8. The van der Waals surface area contributed by atoms with Crippen LogP contribution in [0, 0.1) is 49.6 Å². The van der Waals surface area contributed by atoms with Gasteiger partial charge in [-0.25, -0.2) is 38.1 Å². The number of aryl methyl sites for hydroxylation is 3. The Labute approximate surface area is 757 Å². The normalized spacial score (nSPS) is 13.0. The molecule has 19 nitrogen and oxygen atoms in total. The van der Waals surface area contributed by atoms with Gasteiger partial charge in [0.2, 0.25) is 0 Å². The molecule has 0 bridgehead atoms. The van der Waals surface area contributed by atoms with E-state index >= 15 is 0 Å². The fraction of sp³-hybridized carbons (Fsp3) is 0.165. The average molecular weight is 1730 g/mol. The molecule has 0 N–H and O–H groups in total. The summed E-state index contributed by atoms with van der Waals surface area (Å²) >= 11 is 0. The Morgan fingerprint density at radius 3 is 1.17 bits per heavy atom. The number of imidazole rings is 5. The molecule has 2 aliphatic rings. The fourth-order valence-electron chi connectivity index (χ4n) is 17.2. The molecule has 22 rings (SSSR count). The first kappa shape index (κ1) is 86.1. The minimum Gasteiger partial charge on any atom is -0.497 e. The number of nitriles is 1. The summed E-state index contributed by atoms with van der Waals surface area (Å²) in [5.74, 6) is 0.227. The molecule has 2 aliphatic heterocycles. The maximum Gasteiger partial charge on any atom is 0.136 e. The summed E-state index contributed by atoms with van der Waals surface area (Å²) in [5, 5.41) is 9.11. The van der Waals surface area contributed by atoms with Crippen molar-refractivity contribution in [3.8, 4) is 124 Å². The highest BCUT2D eigenvalue weighted by molar-refractivity contribution is 5.91. The third-order valence-electron chi connectivity index (χ3n) is 24.2. The summed E-state index contributed by atoms with van der Waals surface area (Å²) in [5.41, 5.74) is 30.4. The number of hydrogen-bond acceptors (Lipinski definition) is 14. The Morgan fingerprint density at radius 2 is 0.748 bits per heavy atom. The molecule has 20 aromatic rings. The molecule has 2 saturated heterocycles. The maximum absolute atomic E-state index is 13.8. The van der Waals surface area contributed by atoms with Crippen LogP contribution < -0.4 is 4.74 Å². The van der Waals surface area contributed by atoms with Crippen molar-refractivity contribution in [1.29, 1.82) is 5.26 Å². The number of pyridine rings is 7. The molecule has 131 heavy (non-hydrogen) atoms. The van der Waals surface area contributed by atoms with E-state index in [2.05, 4.69) is 180 Å². The van der Waals surface area contributed by atoms with Crippen LogP contribution in [0.3, 0.4) is 0 Å². The van der Waals surface area contributed by atoms with Crippen molar-refractivity contribution >= 4 is 44.4 Å². The van der Waals surface area contributed by atoms with Crippen LogP contribution >= 0.6 is 0 Å². The highest BCUT2D eigenvalue weighted by Crippen LogP contribution is 2.41.